The zero-order valence-corrected chi connectivity index (χ0v) is 13.3. The van der Waals surface area contributed by atoms with E-state index in [-0.39, 0.29) is 18.2 Å². The largest absolute Gasteiger partial charge is 0.497 e. The van der Waals surface area contributed by atoms with Crippen LogP contribution in [0.3, 0.4) is 0 Å². The van der Waals surface area contributed by atoms with Gasteiger partial charge in [0.15, 0.2) is 0 Å². The summed E-state index contributed by atoms with van der Waals surface area (Å²) in [6.07, 6.45) is 3.66. The van der Waals surface area contributed by atoms with Gasteiger partial charge in [-0.3, -0.25) is 0 Å². The van der Waals surface area contributed by atoms with Gasteiger partial charge in [-0.25, -0.2) is 4.79 Å². The van der Waals surface area contributed by atoms with Crippen LogP contribution in [0.1, 0.15) is 24.8 Å². The van der Waals surface area contributed by atoms with E-state index in [1.807, 2.05) is 23.1 Å². The first-order valence-electron chi connectivity index (χ1n) is 8.23. The fraction of sp³-hybridized carbons (Fsp3) is 0.588. The second-order valence-electron chi connectivity index (χ2n) is 6.41. The van der Waals surface area contributed by atoms with Crippen LogP contribution in [0.2, 0.25) is 0 Å². The standard InChI is InChI=1S/C17H22N2O4/c1-21-12-3-2-11-10-19(6-7-22-16(11)9-12)17(20)18-14-8-13-4-5-15(14)23-13/h2-3,9,13-15H,4-8,10H2,1H3,(H,18,20)/t13-,14-,15+/m1/s1. The Bertz CT molecular complexity index is 606. The fourth-order valence-corrected chi connectivity index (χ4v) is 3.69. The van der Waals surface area contributed by atoms with E-state index in [0.29, 0.717) is 25.8 Å². The van der Waals surface area contributed by atoms with Crippen molar-refractivity contribution in [1.29, 1.82) is 0 Å². The Labute approximate surface area is 135 Å². The minimum absolute atomic E-state index is 0.0292. The van der Waals surface area contributed by atoms with Crippen molar-refractivity contribution >= 4 is 6.03 Å². The van der Waals surface area contributed by atoms with Gasteiger partial charge in [0, 0.05) is 11.6 Å². The molecule has 1 aromatic carbocycles. The van der Waals surface area contributed by atoms with E-state index in [1.165, 1.54) is 0 Å². The third-order valence-corrected chi connectivity index (χ3v) is 4.96. The maximum Gasteiger partial charge on any atom is 0.318 e. The van der Waals surface area contributed by atoms with Crippen LogP contribution in [0.25, 0.3) is 0 Å². The molecule has 1 aromatic rings. The molecule has 6 heteroatoms. The van der Waals surface area contributed by atoms with Crippen LogP contribution in [0.4, 0.5) is 4.79 Å². The molecule has 3 atom stereocenters. The smallest absolute Gasteiger partial charge is 0.318 e. The van der Waals surface area contributed by atoms with Crippen LogP contribution in [-0.4, -0.2) is 49.4 Å². The van der Waals surface area contributed by atoms with E-state index in [1.54, 1.807) is 7.11 Å². The summed E-state index contributed by atoms with van der Waals surface area (Å²) in [5.74, 6) is 1.56. The van der Waals surface area contributed by atoms with Gasteiger partial charge in [-0.05, 0) is 31.4 Å². The first-order valence-corrected chi connectivity index (χ1v) is 8.23. The molecule has 3 aliphatic rings. The Kier molecular flexibility index (Phi) is 3.77. The van der Waals surface area contributed by atoms with E-state index in [4.69, 9.17) is 14.2 Å². The molecule has 0 saturated carbocycles. The van der Waals surface area contributed by atoms with Crippen LogP contribution < -0.4 is 14.8 Å². The highest BCUT2D eigenvalue weighted by atomic mass is 16.5. The molecule has 3 aliphatic heterocycles. The molecule has 2 fully saturated rings. The lowest BCUT2D eigenvalue weighted by Gasteiger charge is -2.26. The van der Waals surface area contributed by atoms with Crippen molar-refractivity contribution in [2.24, 2.45) is 0 Å². The Morgan fingerprint density at radius 1 is 1.39 bits per heavy atom. The summed E-state index contributed by atoms with van der Waals surface area (Å²) in [5.41, 5.74) is 1.00. The first kappa shape index (κ1) is 14.6. The number of rotatable bonds is 2. The van der Waals surface area contributed by atoms with Gasteiger partial charge in [0.25, 0.3) is 0 Å². The number of nitrogens with zero attached hydrogens (tertiary/aromatic N) is 1. The van der Waals surface area contributed by atoms with Crippen LogP contribution in [0.15, 0.2) is 18.2 Å². The number of hydrogen-bond donors (Lipinski definition) is 1. The molecule has 0 unspecified atom stereocenters. The molecule has 2 bridgehead atoms. The lowest BCUT2D eigenvalue weighted by atomic mass is 9.96. The number of ether oxygens (including phenoxy) is 3. The number of fused-ring (bicyclic) bond motifs is 3. The van der Waals surface area contributed by atoms with Gasteiger partial charge in [-0.15, -0.1) is 0 Å². The lowest BCUT2D eigenvalue weighted by molar-refractivity contribution is 0.0968. The molecule has 0 radical (unpaired) electrons. The maximum absolute atomic E-state index is 12.6. The molecule has 4 rings (SSSR count). The minimum atomic E-state index is -0.0292. The minimum Gasteiger partial charge on any atom is -0.497 e. The van der Waals surface area contributed by atoms with Gasteiger partial charge in [0.05, 0.1) is 38.4 Å². The highest BCUT2D eigenvalue weighted by molar-refractivity contribution is 5.75. The molecule has 6 nitrogen and oxygen atoms in total. The second-order valence-corrected chi connectivity index (χ2v) is 6.41. The summed E-state index contributed by atoms with van der Waals surface area (Å²) in [5, 5.41) is 3.14. The van der Waals surface area contributed by atoms with E-state index in [9.17, 15) is 4.79 Å². The summed E-state index contributed by atoms with van der Waals surface area (Å²) in [7, 11) is 1.63. The summed E-state index contributed by atoms with van der Waals surface area (Å²) in [4.78, 5) is 14.4. The number of carbonyl (C=O) groups excluding carboxylic acids is 1. The van der Waals surface area contributed by atoms with Crippen molar-refractivity contribution in [1.82, 2.24) is 10.2 Å². The van der Waals surface area contributed by atoms with Crippen LogP contribution >= 0.6 is 0 Å². The second kappa shape index (κ2) is 5.92. The van der Waals surface area contributed by atoms with Gasteiger partial charge in [-0.1, -0.05) is 0 Å². The number of hydrogen-bond acceptors (Lipinski definition) is 4. The van der Waals surface area contributed by atoms with Crippen molar-refractivity contribution < 1.29 is 19.0 Å². The van der Waals surface area contributed by atoms with Crippen molar-refractivity contribution in [3.63, 3.8) is 0 Å². The molecule has 1 N–H and O–H groups in total. The molecule has 124 valence electrons. The molecule has 3 heterocycles. The topological polar surface area (TPSA) is 60.0 Å². The van der Waals surface area contributed by atoms with Crippen molar-refractivity contribution in [2.75, 3.05) is 20.3 Å². The zero-order chi connectivity index (χ0) is 15.8. The normalized spacial score (nSPS) is 28.7. The number of nitrogens with one attached hydrogen (secondary N) is 1. The van der Waals surface area contributed by atoms with Crippen molar-refractivity contribution in [3.05, 3.63) is 23.8 Å². The first-order chi connectivity index (χ1) is 11.2. The van der Waals surface area contributed by atoms with Gasteiger partial charge in [-0.2, -0.15) is 0 Å². The molecular weight excluding hydrogens is 296 g/mol. The van der Waals surface area contributed by atoms with E-state index in [0.717, 1.165) is 36.3 Å². The summed E-state index contributed by atoms with van der Waals surface area (Å²) in [6, 6.07) is 5.85. The summed E-state index contributed by atoms with van der Waals surface area (Å²) >= 11 is 0. The van der Waals surface area contributed by atoms with Crippen LogP contribution in [0.5, 0.6) is 11.5 Å². The highest BCUT2D eigenvalue weighted by Gasteiger charge is 2.41. The van der Waals surface area contributed by atoms with Gasteiger partial charge in [0.2, 0.25) is 0 Å². The quantitative estimate of drug-likeness (QED) is 0.905. The van der Waals surface area contributed by atoms with Crippen molar-refractivity contribution in [3.8, 4) is 11.5 Å². The third-order valence-electron chi connectivity index (χ3n) is 4.96. The average Bonchev–Trinajstić information content (AvgIpc) is 3.11. The SMILES string of the molecule is COc1ccc2c(c1)OCCN(C(=O)N[C@@H]1C[C@H]3CC[C@@H]1O3)C2. The third kappa shape index (κ3) is 2.83. The number of benzene rings is 1. The Hall–Kier alpha value is -1.95. The molecule has 2 saturated heterocycles. The molecule has 0 spiro atoms. The summed E-state index contributed by atoms with van der Waals surface area (Å²) in [6.45, 7) is 1.61. The maximum atomic E-state index is 12.6. The Morgan fingerprint density at radius 3 is 3.04 bits per heavy atom. The molecule has 0 aliphatic carbocycles. The lowest BCUT2D eigenvalue weighted by Crippen LogP contribution is -2.48. The van der Waals surface area contributed by atoms with Crippen LogP contribution in [-0.2, 0) is 11.3 Å². The molecule has 0 aromatic heterocycles. The molecular formula is C17H22N2O4. The van der Waals surface area contributed by atoms with Gasteiger partial charge >= 0.3 is 6.03 Å². The van der Waals surface area contributed by atoms with Crippen LogP contribution in [0, 0.1) is 0 Å². The Morgan fingerprint density at radius 2 is 2.30 bits per heavy atom. The van der Waals surface area contributed by atoms with E-state index >= 15 is 0 Å². The summed E-state index contributed by atoms with van der Waals surface area (Å²) < 4.78 is 16.8. The monoisotopic (exact) mass is 318 g/mol. The zero-order valence-electron chi connectivity index (χ0n) is 13.3. The number of methoxy groups -OCH3 is 1. The number of urea groups is 1. The Balaban J connectivity index is 1.43. The predicted octanol–water partition coefficient (Wildman–Crippen LogP) is 1.92. The number of amides is 2. The highest BCUT2D eigenvalue weighted by Crippen LogP contribution is 2.34. The predicted molar refractivity (Wildman–Crippen MR) is 83.7 cm³/mol. The fourth-order valence-electron chi connectivity index (χ4n) is 3.69. The van der Waals surface area contributed by atoms with Gasteiger partial charge < -0.3 is 24.4 Å². The molecule has 23 heavy (non-hydrogen) atoms. The van der Waals surface area contributed by atoms with Crippen molar-refractivity contribution in [2.45, 2.75) is 44.1 Å². The average molecular weight is 318 g/mol. The number of carbonyl (C=O) groups is 1. The van der Waals surface area contributed by atoms with E-state index in [2.05, 4.69) is 5.32 Å². The molecule has 2 amide bonds. The van der Waals surface area contributed by atoms with E-state index < -0.39 is 0 Å². The van der Waals surface area contributed by atoms with Gasteiger partial charge in [0.1, 0.15) is 18.1 Å².